The van der Waals surface area contributed by atoms with Gasteiger partial charge in [-0.3, -0.25) is 9.59 Å². The Morgan fingerprint density at radius 1 is 0.912 bits per heavy atom. The standard InChI is InChI=1S/C26H20O8/c1-31-17-9-8-14(10-19(17)32-2)15-11-20(28)34-26-21(15)25-22(23(29)24(26)30)16(27)12-18(33-25)13-6-4-3-5-7-13/h3-10,12,15,29-30H,11H2,1-2H3/t15-/m1/s1. The van der Waals surface area contributed by atoms with E-state index in [-0.39, 0.29) is 34.5 Å². The summed E-state index contributed by atoms with van der Waals surface area (Å²) in [7, 11) is 3.01. The van der Waals surface area contributed by atoms with Crippen LogP contribution in [0.15, 0.2) is 63.8 Å². The molecule has 0 aliphatic carbocycles. The van der Waals surface area contributed by atoms with Crippen molar-refractivity contribution in [1.29, 1.82) is 0 Å². The lowest BCUT2D eigenvalue weighted by Gasteiger charge is -2.27. The van der Waals surface area contributed by atoms with Crippen LogP contribution in [0.3, 0.4) is 0 Å². The molecule has 1 aliphatic heterocycles. The van der Waals surface area contributed by atoms with Gasteiger partial charge in [0.1, 0.15) is 16.7 Å². The molecule has 0 spiro atoms. The Kier molecular flexibility index (Phi) is 5.13. The van der Waals surface area contributed by atoms with Crippen molar-refractivity contribution >= 4 is 16.9 Å². The first kappa shape index (κ1) is 21.4. The molecule has 0 saturated heterocycles. The Balaban J connectivity index is 1.84. The van der Waals surface area contributed by atoms with E-state index < -0.39 is 28.8 Å². The van der Waals surface area contributed by atoms with Gasteiger partial charge in [-0.1, -0.05) is 36.4 Å². The van der Waals surface area contributed by atoms with Gasteiger partial charge < -0.3 is 28.8 Å². The van der Waals surface area contributed by atoms with Gasteiger partial charge in [-0.25, -0.2) is 0 Å². The van der Waals surface area contributed by atoms with Crippen LogP contribution in [0, 0.1) is 0 Å². The molecular formula is C26H20O8. The highest BCUT2D eigenvalue weighted by molar-refractivity contribution is 5.96. The van der Waals surface area contributed by atoms with Crippen molar-refractivity contribution in [2.75, 3.05) is 14.2 Å². The van der Waals surface area contributed by atoms with Gasteiger partial charge in [0.25, 0.3) is 0 Å². The number of ether oxygens (including phenoxy) is 3. The monoisotopic (exact) mass is 460 g/mol. The summed E-state index contributed by atoms with van der Waals surface area (Å²) >= 11 is 0. The van der Waals surface area contributed by atoms with Crippen molar-refractivity contribution in [3.8, 4) is 40.1 Å². The normalized spacial score (nSPS) is 15.0. The number of esters is 1. The fourth-order valence-corrected chi connectivity index (χ4v) is 4.31. The van der Waals surface area contributed by atoms with Gasteiger partial charge in [0.15, 0.2) is 28.4 Å². The van der Waals surface area contributed by atoms with E-state index in [4.69, 9.17) is 18.6 Å². The van der Waals surface area contributed by atoms with E-state index >= 15 is 0 Å². The number of methoxy groups -OCH3 is 2. The van der Waals surface area contributed by atoms with Gasteiger partial charge >= 0.3 is 5.97 Å². The third-order valence-corrected chi connectivity index (χ3v) is 5.92. The maximum absolute atomic E-state index is 13.0. The van der Waals surface area contributed by atoms with E-state index in [0.29, 0.717) is 22.6 Å². The van der Waals surface area contributed by atoms with Crippen LogP contribution in [-0.2, 0) is 4.79 Å². The molecule has 3 aromatic carbocycles. The van der Waals surface area contributed by atoms with Gasteiger partial charge in [0.2, 0.25) is 5.75 Å². The van der Waals surface area contributed by atoms with Crippen molar-refractivity contribution in [2.45, 2.75) is 12.3 Å². The molecule has 1 aromatic heterocycles. The molecular weight excluding hydrogens is 440 g/mol. The SMILES string of the molecule is COc1ccc([C@H]2CC(=O)Oc3c(O)c(O)c4c(=O)cc(-c5ccccc5)oc4c32)cc1OC. The highest BCUT2D eigenvalue weighted by atomic mass is 16.5. The average molecular weight is 460 g/mol. The molecule has 0 radical (unpaired) electrons. The first-order valence-corrected chi connectivity index (χ1v) is 10.5. The Labute approximate surface area is 193 Å². The van der Waals surface area contributed by atoms with Crippen molar-refractivity contribution in [3.05, 3.63) is 75.9 Å². The second-order valence-corrected chi connectivity index (χ2v) is 7.83. The molecule has 1 aliphatic rings. The number of carbonyl (C=O) groups is 1. The number of hydrogen-bond acceptors (Lipinski definition) is 8. The maximum atomic E-state index is 13.0. The summed E-state index contributed by atoms with van der Waals surface area (Å²) in [6.07, 6.45) is -0.0823. The van der Waals surface area contributed by atoms with Crippen LogP contribution in [0.4, 0.5) is 0 Å². The lowest BCUT2D eigenvalue weighted by molar-refractivity contribution is -0.135. The van der Waals surface area contributed by atoms with Crippen molar-refractivity contribution in [1.82, 2.24) is 0 Å². The minimum atomic E-state index is -0.706. The molecule has 0 unspecified atom stereocenters. The fraction of sp³-hybridized carbons (Fsp3) is 0.154. The summed E-state index contributed by atoms with van der Waals surface area (Å²) in [6, 6.07) is 15.4. The predicted octanol–water partition coefficient (Wildman–Crippen LogP) is 4.33. The Morgan fingerprint density at radius 3 is 2.35 bits per heavy atom. The number of fused-ring (bicyclic) bond motifs is 3. The van der Waals surface area contributed by atoms with Crippen LogP contribution in [0.2, 0.25) is 0 Å². The van der Waals surface area contributed by atoms with E-state index in [9.17, 15) is 19.8 Å². The summed E-state index contributed by atoms with van der Waals surface area (Å²) in [5, 5.41) is 21.1. The third kappa shape index (κ3) is 3.31. The van der Waals surface area contributed by atoms with Gasteiger partial charge in [-0.15, -0.1) is 0 Å². The Hall–Kier alpha value is -4.46. The fourth-order valence-electron chi connectivity index (χ4n) is 4.31. The highest BCUT2D eigenvalue weighted by Gasteiger charge is 2.37. The molecule has 34 heavy (non-hydrogen) atoms. The minimum absolute atomic E-state index is 0.0314. The van der Waals surface area contributed by atoms with Crippen LogP contribution < -0.4 is 19.6 Å². The van der Waals surface area contributed by atoms with Crippen molar-refractivity contribution < 1.29 is 33.6 Å². The third-order valence-electron chi connectivity index (χ3n) is 5.92. The molecule has 0 saturated carbocycles. The number of phenolic OH excluding ortho intramolecular Hbond substituents is 2. The van der Waals surface area contributed by atoms with Crippen LogP contribution >= 0.6 is 0 Å². The zero-order chi connectivity index (χ0) is 24.0. The zero-order valence-corrected chi connectivity index (χ0v) is 18.3. The van der Waals surface area contributed by atoms with E-state index in [1.165, 1.54) is 20.3 Å². The van der Waals surface area contributed by atoms with Crippen LogP contribution in [-0.4, -0.2) is 30.4 Å². The number of hydrogen-bond donors (Lipinski definition) is 2. The van der Waals surface area contributed by atoms with Crippen LogP contribution in [0.25, 0.3) is 22.3 Å². The zero-order valence-electron chi connectivity index (χ0n) is 18.3. The second-order valence-electron chi connectivity index (χ2n) is 7.83. The lowest BCUT2D eigenvalue weighted by atomic mass is 9.84. The molecule has 2 N–H and O–H groups in total. The summed E-state index contributed by atoms with van der Waals surface area (Å²) in [6.45, 7) is 0. The summed E-state index contributed by atoms with van der Waals surface area (Å²) in [5.41, 5.74) is 1.07. The quantitative estimate of drug-likeness (QED) is 0.263. The lowest BCUT2D eigenvalue weighted by Crippen LogP contribution is -2.22. The largest absolute Gasteiger partial charge is 0.504 e. The number of rotatable bonds is 4. The molecule has 0 bridgehead atoms. The van der Waals surface area contributed by atoms with Gasteiger partial charge in [0, 0.05) is 17.5 Å². The molecule has 4 aromatic rings. The molecule has 0 fully saturated rings. The number of carbonyl (C=O) groups excluding carboxylic acids is 1. The maximum Gasteiger partial charge on any atom is 0.312 e. The molecule has 8 heteroatoms. The summed E-state index contributed by atoms with van der Waals surface area (Å²) in [5.74, 6) is -1.69. The Bertz CT molecular complexity index is 1490. The molecule has 5 rings (SSSR count). The van der Waals surface area contributed by atoms with Crippen LogP contribution in [0.5, 0.6) is 28.7 Å². The van der Waals surface area contributed by atoms with Gasteiger partial charge in [-0.2, -0.15) is 0 Å². The van der Waals surface area contributed by atoms with E-state index in [2.05, 4.69) is 0 Å². The van der Waals surface area contributed by atoms with E-state index in [0.717, 1.165) is 0 Å². The molecule has 1 atom stereocenters. The van der Waals surface area contributed by atoms with Crippen LogP contribution in [0.1, 0.15) is 23.5 Å². The van der Waals surface area contributed by atoms with Crippen molar-refractivity contribution in [3.63, 3.8) is 0 Å². The van der Waals surface area contributed by atoms with E-state index in [1.807, 2.05) is 6.07 Å². The van der Waals surface area contributed by atoms with Gasteiger partial charge in [-0.05, 0) is 17.7 Å². The molecule has 0 amide bonds. The summed E-state index contributed by atoms with van der Waals surface area (Å²) < 4.78 is 22.2. The highest BCUT2D eigenvalue weighted by Crippen LogP contribution is 2.52. The van der Waals surface area contributed by atoms with Gasteiger partial charge in [0.05, 0.1) is 26.2 Å². The number of phenols is 2. The second kappa shape index (κ2) is 8.15. The summed E-state index contributed by atoms with van der Waals surface area (Å²) in [4.78, 5) is 25.5. The first-order valence-electron chi connectivity index (χ1n) is 10.5. The number of benzene rings is 3. The predicted molar refractivity (Wildman–Crippen MR) is 123 cm³/mol. The smallest absolute Gasteiger partial charge is 0.312 e. The molecule has 8 nitrogen and oxygen atoms in total. The topological polar surface area (TPSA) is 115 Å². The molecule has 2 heterocycles. The number of aromatic hydroxyl groups is 2. The molecule has 172 valence electrons. The Morgan fingerprint density at radius 2 is 1.65 bits per heavy atom. The average Bonchev–Trinajstić information content (AvgIpc) is 2.86. The minimum Gasteiger partial charge on any atom is -0.504 e. The first-order chi connectivity index (χ1) is 16.4. The van der Waals surface area contributed by atoms with Crippen molar-refractivity contribution in [2.24, 2.45) is 0 Å². The van der Waals surface area contributed by atoms with E-state index in [1.54, 1.807) is 42.5 Å².